The van der Waals surface area contributed by atoms with Crippen LogP contribution in [0, 0.1) is 5.82 Å². The molecule has 0 bridgehead atoms. The van der Waals surface area contributed by atoms with Gasteiger partial charge in [0.1, 0.15) is 11.6 Å². The van der Waals surface area contributed by atoms with Crippen LogP contribution in [0.3, 0.4) is 0 Å². The highest BCUT2D eigenvalue weighted by molar-refractivity contribution is 5.95. The van der Waals surface area contributed by atoms with Gasteiger partial charge in [0.15, 0.2) is 0 Å². The molecule has 156 valence electrons. The van der Waals surface area contributed by atoms with Crippen molar-refractivity contribution in [1.29, 1.82) is 0 Å². The largest absolute Gasteiger partial charge is 0.497 e. The standard InChI is InChI=1S/C24H26FN3O2/c1-30-21-10-7-18-3-2-4-23(22(18)17-21)28-15-13-27(14-16-28)12-11-26-24(29)19-5-8-20(25)9-6-19/h2-10,17H,11-16H2,1H3,(H,26,29)/i1-1. The van der Waals surface area contributed by atoms with Crippen molar-refractivity contribution >= 4 is 22.4 Å². The molecule has 1 aliphatic heterocycles. The zero-order valence-electron chi connectivity index (χ0n) is 17.1. The van der Waals surface area contributed by atoms with Crippen LogP contribution >= 0.6 is 0 Å². The number of benzene rings is 3. The maximum Gasteiger partial charge on any atom is 0.251 e. The fraction of sp³-hybridized carbons (Fsp3) is 0.292. The summed E-state index contributed by atoms with van der Waals surface area (Å²) in [5, 5.41) is 5.33. The van der Waals surface area contributed by atoms with E-state index in [1.54, 1.807) is 7.11 Å². The summed E-state index contributed by atoms with van der Waals surface area (Å²) in [6.07, 6.45) is 0. The summed E-state index contributed by atoms with van der Waals surface area (Å²) in [5.74, 6) is 0.359. The predicted octanol–water partition coefficient (Wildman–Crippen LogP) is 3.54. The maximum atomic E-state index is 13.0. The van der Waals surface area contributed by atoms with E-state index in [4.69, 9.17) is 4.74 Å². The summed E-state index contributed by atoms with van der Waals surface area (Å²) in [6.45, 7) is 5.11. The van der Waals surface area contributed by atoms with Gasteiger partial charge in [-0.15, -0.1) is 0 Å². The van der Waals surface area contributed by atoms with Gasteiger partial charge in [0.2, 0.25) is 0 Å². The normalized spacial score (nSPS) is 14.7. The molecule has 5 nitrogen and oxygen atoms in total. The molecule has 1 amide bonds. The molecule has 3 aromatic rings. The van der Waals surface area contributed by atoms with Gasteiger partial charge in [-0.2, -0.15) is 0 Å². The summed E-state index contributed by atoms with van der Waals surface area (Å²) in [6, 6.07) is 18.2. The van der Waals surface area contributed by atoms with Crippen LogP contribution in [-0.2, 0) is 0 Å². The highest BCUT2D eigenvalue weighted by atomic mass is 19.1. The second-order valence-electron chi connectivity index (χ2n) is 7.46. The van der Waals surface area contributed by atoms with Crippen LogP contribution in [0.4, 0.5) is 10.1 Å². The quantitative estimate of drug-likeness (QED) is 0.680. The highest BCUT2D eigenvalue weighted by Gasteiger charge is 2.19. The van der Waals surface area contributed by atoms with Gasteiger partial charge in [-0.3, -0.25) is 9.69 Å². The van der Waals surface area contributed by atoms with Gasteiger partial charge in [0.25, 0.3) is 5.91 Å². The molecular formula is C24H26FN3O2. The lowest BCUT2D eigenvalue weighted by Gasteiger charge is -2.36. The van der Waals surface area contributed by atoms with Crippen molar-refractivity contribution in [1.82, 2.24) is 10.2 Å². The van der Waals surface area contributed by atoms with E-state index in [0.717, 1.165) is 38.5 Å². The minimum absolute atomic E-state index is 0.168. The van der Waals surface area contributed by atoms with Crippen molar-refractivity contribution in [2.45, 2.75) is 0 Å². The second-order valence-corrected chi connectivity index (χ2v) is 7.46. The summed E-state index contributed by atoms with van der Waals surface area (Å²) in [5.41, 5.74) is 1.71. The third-order valence-electron chi connectivity index (χ3n) is 5.60. The first-order chi connectivity index (χ1) is 14.6. The van der Waals surface area contributed by atoms with E-state index in [1.807, 2.05) is 6.07 Å². The van der Waals surface area contributed by atoms with E-state index >= 15 is 0 Å². The van der Waals surface area contributed by atoms with Crippen LogP contribution in [0.25, 0.3) is 10.8 Å². The predicted molar refractivity (Wildman–Crippen MR) is 118 cm³/mol. The van der Waals surface area contributed by atoms with Gasteiger partial charge >= 0.3 is 0 Å². The number of rotatable bonds is 6. The van der Waals surface area contributed by atoms with Gasteiger partial charge < -0.3 is 15.0 Å². The monoisotopic (exact) mass is 406 g/mol. The van der Waals surface area contributed by atoms with Crippen molar-refractivity contribution in [2.24, 2.45) is 0 Å². The van der Waals surface area contributed by atoms with E-state index < -0.39 is 0 Å². The van der Waals surface area contributed by atoms with Crippen LogP contribution < -0.4 is 15.0 Å². The third kappa shape index (κ3) is 4.54. The smallest absolute Gasteiger partial charge is 0.251 e. The number of hydrogen-bond acceptors (Lipinski definition) is 4. The fourth-order valence-corrected chi connectivity index (χ4v) is 3.88. The molecule has 0 saturated carbocycles. The van der Waals surface area contributed by atoms with Crippen molar-refractivity contribution in [3.05, 3.63) is 72.0 Å². The van der Waals surface area contributed by atoms with Crippen molar-refractivity contribution < 1.29 is 13.9 Å². The van der Waals surface area contributed by atoms with Crippen LogP contribution in [-0.4, -0.2) is 57.2 Å². The number of hydrogen-bond donors (Lipinski definition) is 1. The number of halogens is 1. The molecule has 0 unspecified atom stereocenters. The molecule has 1 heterocycles. The SMILES string of the molecule is [11CH3]Oc1ccc2cccc(N3CCN(CCNC(=O)c4ccc(F)cc4)CC3)c2c1. The molecule has 1 saturated heterocycles. The van der Waals surface area contributed by atoms with Gasteiger partial charge in [0.05, 0.1) is 7.11 Å². The molecule has 1 N–H and O–H groups in total. The average molecular weight is 406 g/mol. The van der Waals surface area contributed by atoms with Crippen LogP contribution in [0.1, 0.15) is 10.4 Å². The minimum Gasteiger partial charge on any atom is -0.497 e. The molecule has 6 heteroatoms. The Bertz CT molecular complexity index is 1010. The fourth-order valence-electron chi connectivity index (χ4n) is 3.88. The number of nitrogens with one attached hydrogen (secondary N) is 1. The van der Waals surface area contributed by atoms with E-state index in [-0.39, 0.29) is 11.7 Å². The number of amides is 1. The van der Waals surface area contributed by atoms with E-state index in [1.165, 1.54) is 40.7 Å². The number of piperazine rings is 1. The van der Waals surface area contributed by atoms with Crippen molar-refractivity contribution in [3.63, 3.8) is 0 Å². The minimum atomic E-state index is -0.339. The Balaban J connectivity index is 1.30. The first-order valence-corrected chi connectivity index (χ1v) is 10.2. The Morgan fingerprint density at radius 3 is 2.53 bits per heavy atom. The highest BCUT2D eigenvalue weighted by Crippen LogP contribution is 2.30. The molecule has 0 spiro atoms. The molecule has 1 fully saturated rings. The lowest BCUT2D eigenvalue weighted by atomic mass is 10.1. The number of carbonyl (C=O) groups excluding carboxylic acids is 1. The first kappa shape index (κ1) is 20.2. The molecule has 0 atom stereocenters. The molecule has 0 aliphatic carbocycles. The zero-order chi connectivity index (χ0) is 20.9. The zero-order valence-corrected chi connectivity index (χ0v) is 17.1. The second kappa shape index (κ2) is 9.13. The Kier molecular flexibility index (Phi) is 6.14. The number of ether oxygens (including phenoxy) is 1. The van der Waals surface area contributed by atoms with Gasteiger partial charge in [-0.05, 0) is 47.9 Å². The summed E-state index contributed by atoms with van der Waals surface area (Å²) >= 11 is 0. The number of anilines is 1. The molecule has 3 aromatic carbocycles. The maximum absolute atomic E-state index is 13.0. The summed E-state index contributed by atoms with van der Waals surface area (Å²) < 4.78 is 18.4. The Morgan fingerprint density at radius 1 is 1.03 bits per heavy atom. The van der Waals surface area contributed by atoms with Crippen molar-refractivity contribution in [2.75, 3.05) is 51.3 Å². The molecular weight excluding hydrogens is 380 g/mol. The van der Waals surface area contributed by atoms with Gasteiger partial charge in [-0.1, -0.05) is 18.2 Å². The number of methoxy groups -OCH3 is 1. The molecule has 1 aliphatic rings. The average Bonchev–Trinajstić information content (AvgIpc) is 2.79. The lowest BCUT2D eigenvalue weighted by molar-refractivity contribution is 0.0947. The third-order valence-corrected chi connectivity index (χ3v) is 5.60. The van der Waals surface area contributed by atoms with Gasteiger partial charge in [-0.25, -0.2) is 4.39 Å². The van der Waals surface area contributed by atoms with Gasteiger partial charge in [0, 0.05) is 55.9 Å². The number of fused-ring (bicyclic) bond motifs is 1. The van der Waals surface area contributed by atoms with E-state index in [0.29, 0.717) is 12.1 Å². The summed E-state index contributed by atoms with van der Waals surface area (Å²) in [7, 11) is 1.69. The van der Waals surface area contributed by atoms with Crippen molar-refractivity contribution in [3.8, 4) is 5.75 Å². The summed E-state index contributed by atoms with van der Waals surface area (Å²) in [4.78, 5) is 16.9. The molecule has 30 heavy (non-hydrogen) atoms. The van der Waals surface area contributed by atoms with E-state index in [2.05, 4.69) is 45.4 Å². The topological polar surface area (TPSA) is 44.8 Å². The van der Waals surface area contributed by atoms with Crippen LogP contribution in [0.15, 0.2) is 60.7 Å². The Morgan fingerprint density at radius 2 is 1.80 bits per heavy atom. The molecule has 0 radical (unpaired) electrons. The first-order valence-electron chi connectivity index (χ1n) is 10.2. The van der Waals surface area contributed by atoms with Crippen LogP contribution in [0.2, 0.25) is 0 Å². The lowest BCUT2D eigenvalue weighted by Crippen LogP contribution is -2.48. The molecule has 4 rings (SSSR count). The number of nitrogens with zero attached hydrogens (tertiary/aromatic N) is 2. The van der Waals surface area contributed by atoms with Crippen LogP contribution in [0.5, 0.6) is 5.75 Å². The number of carbonyl (C=O) groups is 1. The Hall–Kier alpha value is -3.12. The molecule has 0 aromatic heterocycles. The van der Waals surface area contributed by atoms with E-state index in [9.17, 15) is 9.18 Å². The Labute approximate surface area is 176 Å².